The molecule has 6 nitrogen and oxygen atoms in total. The van der Waals surface area contributed by atoms with Gasteiger partial charge in [-0.1, -0.05) is 13.8 Å². The fourth-order valence-electron chi connectivity index (χ4n) is 1.30. The second-order valence-electron chi connectivity index (χ2n) is 4.80. The van der Waals surface area contributed by atoms with Crippen LogP contribution in [0.15, 0.2) is 0 Å². The maximum Gasteiger partial charge on any atom is 0.303 e. The Morgan fingerprint density at radius 3 is 1.75 bits per heavy atom. The van der Waals surface area contributed by atoms with Crippen LogP contribution in [0.4, 0.5) is 0 Å². The Hall–Kier alpha value is -0.690. The van der Waals surface area contributed by atoms with Gasteiger partial charge in [0.2, 0.25) is 0 Å². The highest BCUT2D eigenvalue weighted by molar-refractivity contribution is 5.66. The third-order valence-electron chi connectivity index (χ3n) is 2.25. The average Bonchev–Trinajstić information content (AvgIpc) is 2.38. The molecule has 20 heavy (non-hydrogen) atoms. The number of rotatable bonds is 15. The summed E-state index contributed by atoms with van der Waals surface area (Å²) in [6.07, 6.45) is 0.683. The van der Waals surface area contributed by atoms with Crippen LogP contribution in [0.2, 0.25) is 0 Å². The second-order valence-corrected chi connectivity index (χ2v) is 4.80. The van der Waals surface area contributed by atoms with Gasteiger partial charge in [0.1, 0.15) is 0 Å². The van der Waals surface area contributed by atoms with Gasteiger partial charge in [0.15, 0.2) is 0 Å². The van der Waals surface area contributed by atoms with Crippen molar-refractivity contribution in [2.45, 2.75) is 26.7 Å². The van der Waals surface area contributed by atoms with Crippen LogP contribution >= 0.6 is 0 Å². The van der Waals surface area contributed by atoms with Gasteiger partial charge in [0, 0.05) is 19.6 Å². The minimum absolute atomic E-state index is 0.146. The summed E-state index contributed by atoms with van der Waals surface area (Å²) in [5.41, 5.74) is 0. The van der Waals surface area contributed by atoms with Crippen molar-refractivity contribution in [3.8, 4) is 0 Å². The van der Waals surface area contributed by atoms with Gasteiger partial charge < -0.3 is 24.1 Å². The molecule has 0 radical (unpaired) electrons. The largest absolute Gasteiger partial charge is 0.481 e. The van der Waals surface area contributed by atoms with Crippen LogP contribution in [0.3, 0.4) is 0 Å². The smallest absolute Gasteiger partial charge is 0.303 e. The molecule has 0 saturated carbocycles. The number of carbonyl (C=O) groups is 1. The van der Waals surface area contributed by atoms with E-state index >= 15 is 0 Å². The summed E-state index contributed by atoms with van der Waals surface area (Å²) in [4.78, 5) is 10.2. The van der Waals surface area contributed by atoms with E-state index in [0.29, 0.717) is 58.6 Å². The van der Waals surface area contributed by atoms with Crippen molar-refractivity contribution in [3.05, 3.63) is 0 Å². The van der Waals surface area contributed by atoms with Gasteiger partial charge in [-0.3, -0.25) is 4.79 Å². The summed E-state index contributed by atoms with van der Waals surface area (Å²) in [7, 11) is 0. The molecule has 0 aliphatic carbocycles. The van der Waals surface area contributed by atoms with Crippen molar-refractivity contribution in [2.24, 2.45) is 5.92 Å². The number of carboxylic acid groups (broad SMARTS) is 1. The number of carboxylic acids is 1. The zero-order chi connectivity index (χ0) is 15.1. The number of hydrogen-bond donors (Lipinski definition) is 1. The molecule has 0 aromatic rings. The number of hydrogen-bond acceptors (Lipinski definition) is 5. The van der Waals surface area contributed by atoms with Crippen molar-refractivity contribution >= 4 is 5.97 Å². The summed E-state index contributed by atoms with van der Waals surface area (Å²) in [6.45, 7) is 8.70. The average molecular weight is 292 g/mol. The Kier molecular flexibility index (Phi) is 14.2. The zero-order valence-corrected chi connectivity index (χ0v) is 12.6. The molecule has 0 fully saturated rings. The fourth-order valence-corrected chi connectivity index (χ4v) is 1.30. The number of ether oxygens (including phenoxy) is 4. The summed E-state index contributed by atoms with van der Waals surface area (Å²) >= 11 is 0. The molecule has 0 bridgehead atoms. The topological polar surface area (TPSA) is 74.2 Å². The first-order valence-corrected chi connectivity index (χ1v) is 7.15. The maximum absolute atomic E-state index is 10.2. The van der Waals surface area contributed by atoms with E-state index in [-0.39, 0.29) is 6.42 Å². The van der Waals surface area contributed by atoms with Gasteiger partial charge in [0.05, 0.1) is 39.6 Å². The fraction of sp³-hybridized carbons (Fsp3) is 0.929. The molecule has 0 rings (SSSR count). The van der Waals surface area contributed by atoms with Gasteiger partial charge in [-0.2, -0.15) is 0 Å². The van der Waals surface area contributed by atoms with Gasteiger partial charge in [-0.25, -0.2) is 0 Å². The van der Waals surface area contributed by atoms with Crippen LogP contribution in [-0.2, 0) is 23.7 Å². The van der Waals surface area contributed by atoms with Crippen molar-refractivity contribution in [3.63, 3.8) is 0 Å². The van der Waals surface area contributed by atoms with Crippen molar-refractivity contribution < 1.29 is 28.8 Å². The molecule has 1 N–H and O–H groups in total. The third kappa shape index (κ3) is 17.3. The molecule has 0 aliphatic heterocycles. The highest BCUT2D eigenvalue weighted by Crippen LogP contribution is 1.92. The molecule has 0 amide bonds. The summed E-state index contributed by atoms with van der Waals surface area (Å²) in [5, 5.41) is 8.41. The lowest BCUT2D eigenvalue weighted by molar-refractivity contribution is -0.137. The zero-order valence-electron chi connectivity index (χ0n) is 12.6. The monoisotopic (exact) mass is 292 g/mol. The predicted octanol–water partition coefficient (Wildman–Crippen LogP) is 1.57. The van der Waals surface area contributed by atoms with E-state index in [1.165, 1.54) is 0 Å². The molecule has 6 heteroatoms. The standard InChI is InChI=1S/C14H28O6/c1-13(2)12-20-11-10-19-9-8-18-7-6-17-5-3-4-14(15)16/h13H,3-12H2,1-2H3,(H,15,16). The summed E-state index contributed by atoms with van der Waals surface area (Å²) in [5.74, 6) is -0.242. The van der Waals surface area contributed by atoms with Crippen molar-refractivity contribution in [1.29, 1.82) is 0 Å². The Morgan fingerprint density at radius 2 is 1.30 bits per heavy atom. The molecule has 0 saturated heterocycles. The molecule has 0 atom stereocenters. The van der Waals surface area contributed by atoms with E-state index in [1.54, 1.807) is 0 Å². The molecular weight excluding hydrogens is 264 g/mol. The minimum Gasteiger partial charge on any atom is -0.481 e. The summed E-state index contributed by atoms with van der Waals surface area (Å²) in [6, 6.07) is 0. The predicted molar refractivity (Wildman–Crippen MR) is 75.0 cm³/mol. The summed E-state index contributed by atoms with van der Waals surface area (Å²) < 4.78 is 21.2. The van der Waals surface area contributed by atoms with Crippen LogP contribution in [0.25, 0.3) is 0 Å². The lowest BCUT2D eigenvalue weighted by Crippen LogP contribution is -2.13. The lowest BCUT2D eigenvalue weighted by Gasteiger charge is -2.08. The first kappa shape index (κ1) is 19.3. The number of aliphatic carboxylic acids is 1. The highest BCUT2D eigenvalue weighted by Gasteiger charge is 1.97. The highest BCUT2D eigenvalue weighted by atomic mass is 16.6. The van der Waals surface area contributed by atoms with E-state index in [4.69, 9.17) is 24.1 Å². The van der Waals surface area contributed by atoms with Crippen molar-refractivity contribution in [1.82, 2.24) is 0 Å². The molecule has 0 heterocycles. The van der Waals surface area contributed by atoms with E-state index < -0.39 is 5.97 Å². The van der Waals surface area contributed by atoms with Crippen LogP contribution in [0, 0.1) is 5.92 Å². The lowest BCUT2D eigenvalue weighted by atomic mass is 10.2. The van der Waals surface area contributed by atoms with Crippen LogP contribution < -0.4 is 0 Å². The molecule has 0 aromatic carbocycles. The Balaban J connectivity index is 2.97. The van der Waals surface area contributed by atoms with Crippen LogP contribution in [0.1, 0.15) is 26.7 Å². The van der Waals surface area contributed by atoms with E-state index in [2.05, 4.69) is 13.8 Å². The first-order chi connectivity index (χ1) is 9.63. The van der Waals surface area contributed by atoms with E-state index in [1.807, 2.05) is 0 Å². The molecule has 120 valence electrons. The Labute approximate surface area is 121 Å². The third-order valence-corrected chi connectivity index (χ3v) is 2.25. The molecule has 0 unspecified atom stereocenters. The minimum atomic E-state index is -0.792. The van der Waals surface area contributed by atoms with Crippen LogP contribution in [0.5, 0.6) is 0 Å². The SMILES string of the molecule is CC(C)COCCOCCOCCOCCCC(=O)O. The quantitative estimate of drug-likeness (QED) is 0.462. The molecule has 0 aliphatic rings. The maximum atomic E-state index is 10.2. The van der Waals surface area contributed by atoms with E-state index in [9.17, 15) is 4.79 Å². The van der Waals surface area contributed by atoms with Gasteiger partial charge in [-0.15, -0.1) is 0 Å². The molecular formula is C14H28O6. The molecule has 0 spiro atoms. The van der Waals surface area contributed by atoms with Crippen molar-refractivity contribution in [2.75, 3.05) is 52.9 Å². The van der Waals surface area contributed by atoms with Gasteiger partial charge in [0.25, 0.3) is 0 Å². The first-order valence-electron chi connectivity index (χ1n) is 7.15. The Bertz CT molecular complexity index is 220. The van der Waals surface area contributed by atoms with Gasteiger partial charge >= 0.3 is 5.97 Å². The second kappa shape index (κ2) is 14.7. The van der Waals surface area contributed by atoms with Crippen LogP contribution in [-0.4, -0.2) is 63.9 Å². The molecule has 0 aromatic heterocycles. The van der Waals surface area contributed by atoms with E-state index in [0.717, 1.165) is 6.61 Å². The van der Waals surface area contributed by atoms with Gasteiger partial charge in [-0.05, 0) is 12.3 Å². The normalized spacial score (nSPS) is 11.2. The Morgan fingerprint density at radius 1 is 0.850 bits per heavy atom.